The Morgan fingerprint density at radius 2 is 1.94 bits per heavy atom. The molecule has 33 heavy (non-hydrogen) atoms. The second kappa shape index (κ2) is 8.30. The van der Waals surface area contributed by atoms with Crippen LogP contribution in [0.4, 0.5) is 13.2 Å². The lowest BCUT2D eigenvalue weighted by atomic mass is 9.43. The number of phenolic OH excluding ortho intramolecular Hbond substituents is 1. The van der Waals surface area contributed by atoms with Crippen molar-refractivity contribution in [2.75, 3.05) is 0 Å². The number of aryl methyl sites for hydroxylation is 1. The van der Waals surface area contributed by atoms with Crippen LogP contribution in [-0.2, 0) is 6.42 Å². The van der Waals surface area contributed by atoms with Crippen molar-refractivity contribution in [3.63, 3.8) is 0 Å². The summed E-state index contributed by atoms with van der Waals surface area (Å²) in [4.78, 5) is 0. The van der Waals surface area contributed by atoms with Gasteiger partial charge in [-0.1, -0.05) is 31.9 Å². The highest BCUT2D eigenvalue weighted by atomic mass is 19.4. The molecular weight excluding hydrogens is 429 g/mol. The van der Waals surface area contributed by atoms with E-state index in [-0.39, 0.29) is 40.8 Å². The molecule has 1 aromatic rings. The predicted molar refractivity (Wildman–Crippen MR) is 122 cm³/mol. The number of hydrogen-bond acceptors (Lipinski definition) is 3. The number of aromatic hydroxyl groups is 1. The van der Waals surface area contributed by atoms with E-state index in [0.717, 1.165) is 44.1 Å². The van der Waals surface area contributed by atoms with E-state index >= 15 is 0 Å². The molecule has 3 N–H and O–H groups in total. The summed E-state index contributed by atoms with van der Waals surface area (Å²) >= 11 is 0. The van der Waals surface area contributed by atoms with E-state index < -0.39 is 17.9 Å². The molecule has 0 aliphatic heterocycles. The average molecular weight is 467 g/mol. The van der Waals surface area contributed by atoms with Gasteiger partial charge in [0.15, 0.2) is 0 Å². The molecule has 3 nitrogen and oxygen atoms in total. The highest BCUT2D eigenvalue weighted by Crippen LogP contribution is 2.71. The van der Waals surface area contributed by atoms with E-state index in [4.69, 9.17) is 0 Å². The summed E-state index contributed by atoms with van der Waals surface area (Å²) in [6.07, 6.45) is 0.851. The molecule has 3 aliphatic rings. The third-order valence-corrected chi connectivity index (χ3v) is 9.65. The SMILES string of the molecule is C=CC12CCc3cc(O)ccc3[C@H]1[C@@H](CCCC[C@H](O)C(F)(F)F)C[C@@]1(C)[C@H]2CC[C@]1(C)O. The number of rotatable bonds is 6. The van der Waals surface area contributed by atoms with E-state index in [1.165, 1.54) is 5.56 Å². The largest absolute Gasteiger partial charge is 0.508 e. The molecule has 184 valence electrons. The Morgan fingerprint density at radius 3 is 2.61 bits per heavy atom. The number of hydrogen-bond donors (Lipinski definition) is 3. The summed E-state index contributed by atoms with van der Waals surface area (Å²) in [5, 5.41) is 30.8. The van der Waals surface area contributed by atoms with E-state index in [1.54, 1.807) is 6.07 Å². The number of unbranched alkanes of at least 4 members (excludes halogenated alkanes) is 1. The normalized spacial score (nSPS) is 38.8. The van der Waals surface area contributed by atoms with Crippen LogP contribution < -0.4 is 0 Å². The van der Waals surface area contributed by atoms with Crippen LogP contribution in [0.1, 0.15) is 82.3 Å². The van der Waals surface area contributed by atoms with E-state index in [0.29, 0.717) is 12.8 Å². The lowest BCUT2D eigenvalue weighted by Crippen LogP contribution is -2.56. The van der Waals surface area contributed by atoms with Gasteiger partial charge in [0, 0.05) is 0 Å². The molecular formula is C27H37F3O3. The standard InChI is InChI=1S/C27H37F3O3/c1-4-26-14-11-17-15-19(31)9-10-20(17)23(26)18(7-5-6-8-22(32)27(28,29)30)16-24(2)21(26)12-13-25(24,3)33/h4,9-10,15,18,21-23,31-33H,1,5-8,11-14,16H2,2-3H3/t18-,21+,22-,23+,24-,25-,26?/m0/s1. The zero-order chi connectivity index (χ0) is 24.2. The Morgan fingerprint density at radius 1 is 1.21 bits per heavy atom. The molecule has 1 aromatic carbocycles. The summed E-state index contributed by atoms with van der Waals surface area (Å²) < 4.78 is 38.2. The van der Waals surface area contributed by atoms with Crippen molar-refractivity contribution in [3.8, 4) is 5.75 Å². The summed E-state index contributed by atoms with van der Waals surface area (Å²) in [7, 11) is 0. The molecule has 1 unspecified atom stereocenters. The topological polar surface area (TPSA) is 60.7 Å². The minimum Gasteiger partial charge on any atom is -0.508 e. The van der Waals surface area contributed by atoms with Gasteiger partial charge in [-0.15, -0.1) is 6.58 Å². The summed E-state index contributed by atoms with van der Waals surface area (Å²) in [6, 6.07) is 5.59. The molecule has 0 aromatic heterocycles. The van der Waals surface area contributed by atoms with Gasteiger partial charge in [-0.3, -0.25) is 0 Å². The predicted octanol–water partition coefficient (Wildman–Crippen LogP) is 6.27. The molecule has 0 spiro atoms. The minimum absolute atomic E-state index is 0.166. The first-order chi connectivity index (χ1) is 15.4. The van der Waals surface area contributed by atoms with Gasteiger partial charge in [0.1, 0.15) is 11.9 Å². The van der Waals surface area contributed by atoms with Gasteiger partial charge in [-0.2, -0.15) is 13.2 Å². The van der Waals surface area contributed by atoms with Crippen molar-refractivity contribution in [3.05, 3.63) is 42.0 Å². The smallest absolute Gasteiger partial charge is 0.414 e. The Labute approximate surface area is 194 Å². The second-order valence-electron chi connectivity index (χ2n) is 11.3. The molecule has 2 fully saturated rings. The number of alkyl halides is 3. The first-order valence-corrected chi connectivity index (χ1v) is 12.3. The fraction of sp³-hybridized carbons (Fsp3) is 0.704. The number of benzene rings is 1. The van der Waals surface area contributed by atoms with Gasteiger partial charge in [0.05, 0.1) is 5.60 Å². The number of fused-ring (bicyclic) bond motifs is 5. The van der Waals surface area contributed by atoms with Crippen LogP contribution in [0.2, 0.25) is 0 Å². The molecule has 0 radical (unpaired) electrons. The summed E-state index contributed by atoms with van der Waals surface area (Å²) in [5.74, 6) is 0.883. The fourth-order valence-corrected chi connectivity index (χ4v) is 7.83. The maximum absolute atomic E-state index is 12.7. The maximum atomic E-state index is 12.7. The third kappa shape index (κ3) is 3.91. The van der Waals surface area contributed by atoms with Crippen LogP contribution >= 0.6 is 0 Å². The summed E-state index contributed by atoms with van der Waals surface area (Å²) in [6.45, 7) is 8.41. The van der Waals surface area contributed by atoms with Crippen molar-refractivity contribution >= 4 is 0 Å². The average Bonchev–Trinajstić information content (AvgIpc) is 2.98. The summed E-state index contributed by atoms with van der Waals surface area (Å²) in [5.41, 5.74) is 1.09. The molecule has 7 atom stereocenters. The zero-order valence-electron chi connectivity index (χ0n) is 19.7. The Bertz CT molecular complexity index is 895. The van der Waals surface area contributed by atoms with Crippen molar-refractivity contribution in [2.24, 2.45) is 22.7 Å². The first-order valence-electron chi connectivity index (χ1n) is 12.3. The first kappa shape index (κ1) is 24.6. The Hall–Kier alpha value is -1.53. The van der Waals surface area contributed by atoms with Gasteiger partial charge < -0.3 is 15.3 Å². The van der Waals surface area contributed by atoms with Crippen LogP contribution in [0.3, 0.4) is 0 Å². The molecule has 2 saturated carbocycles. The highest BCUT2D eigenvalue weighted by Gasteiger charge is 2.66. The van der Waals surface area contributed by atoms with Crippen molar-refractivity contribution in [2.45, 2.75) is 95.4 Å². The van der Waals surface area contributed by atoms with Crippen LogP contribution in [0.5, 0.6) is 5.75 Å². The van der Waals surface area contributed by atoms with Crippen molar-refractivity contribution < 1.29 is 28.5 Å². The number of halogens is 3. The molecule has 3 aliphatic carbocycles. The second-order valence-corrected chi connectivity index (χ2v) is 11.3. The van der Waals surface area contributed by atoms with Gasteiger partial charge >= 0.3 is 6.18 Å². The number of phenols is 1. The zero-order valence-corrected chi connectivity index (χ0v) is 19.7. The molecule has 0 amide bonds. The van der Waals surface area contributed by atoms with Crippen LogP contribution in [-0.4, -0.2) is 33.2 Å². The van der Waals surface area contributed by atoms with Crippen LogP contribution in [0, 0.1) is 22.7 Å². The monoisotopic (exact) mass is 466 g/mol. The third-order valence-electron chi connectivity index (χ3n) is 9.65. The van der Waals surface area contributed by atoms with Crippen molar-refractivity contribution in [1.82, 2.24) is 0 Å². The Kier molecular flexibility index (Phi) is 6.18. The highest BCUT2D eigenvalue weighted by molar-refractivity contribution is 5.43. The quantitative estimate of drug-likeness (QED) is 0.342. The van der Waals surface area contributed by atoms with Crippen LogP contribution in [0.15, 0.2) is 30.9 Å². The molecule has 0 heterocycles. The van der Waals surface area contributed by atoms with Gasteiger partial charge in [-0.05, 0) is 104 Å². The maximum Gasteiger partial charge on any atom is 0.414 e. The molecule has 0 bridgehead atoms. The van der Waals surface area contributed by atoms with E-state index in [1.807, 2.05) is 19.1 Å². The lowest BCUT2D eigenvalue weighted by molar-refractivity contribution is -0.205. The number of allylic oxidation sites excluding steroid dienone is 1. The lowest BCUT2D eigenvalue weighted by Gasteiger charge is -2.61. The van der Waals surface area contributed by atoms with Gasteiger partial charge in [0.25, 0.3) is 0 Å². The van der Waals surface area contributed by atoms with Crippen molar-refractivity contribution in [1.29, 1.82) is 0 Å². The Balaban J connectivity index is 1.66. The minimum atomic E-state index is -4.57. The van der Waals surface area contributed by atoms with E-state index in [2.05, 4.69) is 19.6 Å². The number of aliphatic hydroxyl groups excluding tert-OH is 1. The molecule has 4 rings (SSSR count). The van der Waals surface area contributed by atoms with E-state index in [9.17, 15) is 28.5 Å². The van der Waals surface area contributed by atoms with Gasteiger partial charge in [-0.25, -0.2) is 0 Å². The van der Waals surface area contributed by atoms with Gasteiger partial charge in [0.2, 0.25) is 0 Å². The fourth-order valence-electron chi connectivity index (χ4n) is 7.83. The molecule has 0 saturated heterocycles. The number of aliphatic hydroxyl groups is 2. The van der Waals surface area contributed by atoms with Crippen LogP contribution in [0.25, 0.3) is 0 Å². The molecule has 6 heteroatoms.